The summed E-state index contributed by atoms with van der Waals surface area (Å²) >= 11 is 5.94. The molecule has 0 bridgehead atoms. The van der Waals surface area contributed by atoms with Crippen molar-refractivity contribution in [3.8, 4) is 6.07 Å². The molecule has 4 nitrogen and oxygen atoms in total. The van der Waals surface area contributed by atoms with E-state index in [9.17, 15) is 4.79 Å². The van der Waals surface area contributed by atoms with Crippen LogP contribution < -0.4 is 5.32 Å². The lowest BCUT2D eigenvalue weighted by Crippen LogP contribution is -2.09. The molecule has 1 aromatic rings. The van der Waals surface area contributed by atoms with E-state index in [2.05, 4.69) is 5.32 Å². The van der Waals surface area contributed by atoms with Gasteiger partial charge in [0.2, 0.25) is 0 Å². The first kappa shape index (κ1) is 13.1. The van der Waals surface area contributed by atoms with Crippen LogP contribution in [0.25, 0.3) is 0 Å². The van der Waals surface area contributed by atoms with Crippen molar-refractivity contribution in [2.24, 2.45) is 0 Å². The van der Waals surface area contributed by atoms with Gasteiger partial charge in [-0.2, -0.15) is 5.26 Å². The molecule has 1 aromatic carbocycles. The van der Waals surface area contributed by atoms with Gasteiger partial charge in [-0.3, -0.25) is 0 Å². The Morgan fingerprint density at radius 2 is 2.18 bits per heavy atom. The highest BCUT2D eigenvalue weighted by Crippen LogP contribution is 2.23. The predicted octanol–water partition coefficient (Wildman–Crippen LogP) is 3.02. The molecule has 0 spiro atoms. The molecule has 0 saturated heterocycles. The number of nitriles is 1. The Hall–Kier alpha value is -1.99. The second kappa shape index (κ2) is 5.92. The van der Waals surface area contributed by atoms with Crippen molar-refractivity contribution in [1.29, 1.82) is 5.26 Å². The fraction of sp³-hybridized carbons (Fsp3) is 0.167. The highest BCUT2D eigenvalue weighted by atomic mass is 35.5. The number of nitrogens with zero attached hydrogens (tertiary/aromatic N) is 1. The van der Waals surface area contributed by atoms with Gasteiger partial charge >= 0.3 is 5.97 Å². The molecule has 2 N–H and O–H groups in total. The number of halogens is 1. The summed E-state index contributed by atoms with van der Waals surface area (Å²) in [5.74, 6) is -1.25. The van der Waals surface area contributed by atoms with Gasteiger partial charge < -0.3 is 10.4 Å². The van der Waals surface area contributed by atoms with Gasteiger partial charge in [-0.15, -0.1) is 0 Å². The third-order valence-corrected chi connectivity index (χ3v) is 2.47. The maximum absolute atomic E-state index is 10.9. The zero-order chi connectivity index (χ0) is 12.8. The fourth-order valence-corrected chi connectivity index (χ4v) is 1.48. The van der Waals surface area contributed by atoms with Crippen LogP contribution in [-0.4, -0.2) is 11.1 Å². The lowest BCUT2D eigenvalue weighted by molar-refractivity contribution is -0.132. The van der Waals surface area contributed by atoms with Crippen LogP contribution in [0.1, 0.15) is 13.3 Å². The number of benzene rings is 1. The number of hydrogen-bond donors (Lipinski definition) is 2. The zero-order valence-corrected chi connectivity index (χ0v) is 9.95. The molecule has 0 radical (unpaired) electrons. The number of allylic oxidation sites excluding steroid dienone is 1. The van der Waals surface area contributed by atoms with Crippen molar-refractivity contribution in [2.45, 2.75) is 13.3 Å². The van der Waals surface area contributed by atoms with Gasteiger partial charge in [0, 0.05) is 5.70 Å². The van der Waals surface area contributed by atoms with Crippen LogP contribution in [0.2, 0.25) is 5.02 Å². The second-order valence-corrected chi connectivity index (χ2v) is 3.64. The molecule has 5 heteroatoms. The summed E-state index contributed by atoms with van der Waals surface area (Å²) < 4.78 is 0. The van der Waals surface area contributed by atoms with E-state index in [1.807, 2.05) is 0 Å². The first-order valence-electron chi connectivity index (χ1n) is 4.98. The van der Waals surface area contributed by atoms with Crippen molar-refractivity contribution >= 4 is 23.3 Å². The average molecular weight is 251 g/mol. The Bertz CT molecular complexity index is 503. The van der Waals surface area contributed by atoms with Crippen LogP contribution in [0.4, 0.5) is 5.69 Å². The van der Waals surface area contributed by atoms with Gasteiger partial charge in [-0.1, -0.05) is 30.7 Å². The number of carbonyl (C=O) groups is 1. The molecule has 0 aliphatic carbocycles. The van der Waals surface area contributed by atoms with Crippen LogP contribution in [0.3, 0.4) is 0 Å². The van der Waals surface area contributed by atoms with Crippen molar-refractivity contribution in [3.63, 3.8) is 0 Å². The second-order valence-electron chi connectivity index (χ2n) is 3.23. The van der Waals surface area contributed by atoms with Crippen molar-refractivity contribution in [2.75, 3.05) is 5.32 Å². The fourth-order valence-electron chi connectivity index (χ4n) is 1.30. The summed E-state index contributed by atoms with van der Waals surface area (Å²) in [6.45, 7) is 1.76. The van der Waals surface area contributed by atoms with Crippen molar-refractivity contribution in [3.05, 3.63) is 40.6 Å². The van der Waals surface area contributed by atoms with E-state index in [0.29, 0.717) is 22.8 Å². The number of anilines is 1. The standard InChI is InChI=1S/C12H11ClN2O2/c1-2-10(8(7-14)12(16)17)15-11-6-4-3-5-9(11)13/h3-6,15H,2H2,1H3,(H,16,17)/b10-8+. The van der Waals surface area contributed by atoms with E-state index in [1.165, 1.54) is 0 Å². The molecule has 0 aliphatic rings. The van der Waals surface area contributed by atoms with Crippen LogP contribution in [0.15, 0.2) is 35.5 Å². The van der Waals surface area contributed by atoms with Crippen molar-refractivity contribution in [1.82, 2.24) is 0 Å². The molecule has 0 aromatic heterocycles. The lowest BCUT2D eigenvalue weighted by Gasteiger charge is -2.11. The summed E-state index contributed by atoms with van der Waals surface area (Å²) in [6, 6.07) is 8.61. The van der Waals surface area contributed by atoms with E-state index in [-0.39, 0.29) is 5.57 Å². The summed E-state index contributed by atoms with van der Waals surface area (Å²) in [5, 5.41) is 21.0. The maximum Gasteiger partial charge on any atom is 0.348 e. The molecular formula is C12H11ClN2O2. The number of nitrogens with one attached hydrogen (secondary N) is 1. The molecule has 0 amide bonds. The summed E-state index contributed by atoms with van der Waals surface area (Å²) in [4.78, 5) is 10.9. The molecule has 0 aliphatic heterocycles. The van der Waals surface area contributed by atoms with E-state index < -0.39 is 5.97 Å². The third-order valence-electron chi connectivity index (χ3n) is 2.14. The minimum Gasteiger partial charge on any atom is -0.477 e. The monoisotopic (exact) mass is 250 g/mol. The van der Waals surface area contributed by atoms with Crippen LogP contribution in [-0.2, 0) is 4.79 Å². The minimum atomic E-state index is -1.25. The maximum atomic E-state index is 10.9. The molecule has 88 valence electrons. The number of carboxylic acid groups (broad SMARTS) is 1. The number of carboxylic acids is 1. The number of hydrogen-bond acceptors (Lipinski definition) is 3. The lowest BCUT2D eigenvalue weighted by atomic mass is 10.1. The van der Waals surface area contributed by atoms with Gasteiger partial charge in [0.15, 0.2) is 5.57 Å². The first-order valence-corrected chi connectivity index (χ1v) is 5.36. The highest BCUT2D eigenvalue weighted by molar-refractivity contribution is 6.33. The molecule has 0 fully saturated rings. The van der Waals surface area contributed by atoms with Gasteiger partial charge in [0.05, 0.1) is 10.7 Å². The molecule has 0 saturated carbocycles. The Balaban J connectivity index is 3.11. The minimum absolute atomic E-state index is 0.299. The normalized spacial score (nSPS) is 11.4. The molecular weight excluding hydrogens is 240 g/mol. The van der Waals surface area contributed by atoms with E-state index in [4.69, 9.17) is 22.0 Å². The quantitative estimate of drug-likeness (QED) is 0.636. The van der Waals surface area contributed by atoms with Crippen LogP contribution >= 0.6 is 11.6 Å². The molecule has 0 atom stereocenters. The number of aliphatic carboxylic acids is 1. The summed E-state index contributed by atoms with van der Waals surface area (Å²) in [5.41, 5.74) is 0.625. The Morgan fingerprint density at radius 1 is 1.53 bits per heavy atom. The van der Waals surface area contributed by atoms with E-state index >= 15 is 0 Å². The predicted molar refractivity (Wildman–Crippen MR) is 65.6 cm³/mol. The van der Waals surface area contributed by atoms with Gasteiger partial charge in [-0.05, 0) is 18.6 Å². The molecule has 0 unspecified atom stereocenters. The Kier molecular flexibility index (Phi) is 4.56. The number of para-hydroxylation sites is 1. The number of rotatable bonds is 4. The zero-order valence-electron chi connectivity index (χ0n) is 9.20. The molecule has 0 heterocycles. The third kappa shape index (κ3) is 3.23. The van der Waals surface area contributed by atoms with Crippen LogP contribution in [0.5, 0.6) is 0 Å². The van der Waals surface area contributed by atoms with Gasteiger partial charge in [0.1, 0.15) is 6.07 Å². The molecule has 17 heavy (non-hydrogen) atoms. The topological polar surface area (TPSA) is 73.1 Å². The first-order chi connectivity index (χ1) is 8.10. The Morgan fingerprint density at radius 3 is 2.65 bits per heavy atom. The van der Waals surface area contributed by atoms with Gasteiger partial charge in [-0.25, -0.2) is 4.79 Å². The van der Waals surface area contributed by atoms with Gasteiger partial charge in [0.25, 0.3) is 0 Å². The van der Waals surface area contributed by atoms with E-state index in [1.54, 1.807) is 37.3 Å². The summed E-state index contributed by atoms with van der Waals surface area (Å²) in [6.07, 6.45) is 0.403. The Labute approximate surface area is 104 Å². The summed E-state index contributed by atoms with van der Waals surface area (Å²) in [7, 11) is 0. The molecule has 1 rings (SSSR count). The smallest absolute Gasteiger partial charge is 0.348 e. The largest absolute Gasteiger partial charge is 0.477 e. The van der Waals surface area contributed by atoms with Crippen molar-refractivity contribution < 1.29 is 9.90 Å². The SMILES string of the molecule is CC/C(Nc1ccccc1Cl)=C(/C#N)C(=O)O. The van der Waals surface area contributed by atoms with Crippen LogP contribution in [0, 0.1) is 11.3 Å². The highest BCUT2D eigenvalue weighted by Gasteiger charge is 2.13. The average Bonchev–Trinajstić information content (AvgIpc) is 2.30. The van der Waals surface area contributed by atoms with E-state index in [0.717, 1.165) is 0 Å².